The van der Waals surface area contributed by atoms with Crippen LogP contribution in [0.3, 0.4) is 0 Å². The van der Waals surface area contributed by atoms with Crippen LogP contribution in [0.15, 0.2) is 42.5 Å². The van der Waals surface area contributed by atoms with Crippen LogP contribution in [0.25, 0.3) is 0 Å². The lowest BCUT2D eigenvalue weighted by molar-refractivity contribution is -0.139. The molecule has 0 bridgehead atoms. The van der Waals surface area contributed by atoms with Gasteiger partial charge in [-0.3, -0.25) is 14.5 Å². The van der Waals surface area contributed by atoms with E-state index in [0.717, 1.165) is 50.1 Å². The molecule has 41 heavy (non-hydrogen) atoms. The van der Waals surface area contributed by atoms with E-state index >= 15 is 0 Å². The number of halogens is 3. The summed E-state index contributed by atoms with van der Waals surface area (Å²) in [6.45, 7) is 4.50. The van der Waals surface area contributed by atoms with Crippen LogP contribution in [0.2, 0.25) is 10.0 Å². The fourth-order valence-electron chi connectivity index (χ4n) is 6.19. The Labute approximate surface area is 252 Å². The molecule has 1 saturated heterocycles. The second-order valence-corrected chi connectivity index (χ2v) is 12.1. The SMILES string of the molecule is NCCC(=O)NC(Cc1ccc(Cl)cc1Cl)C(=O)N1CCN(C2(CNCCc3ccccc3F)CCCCC2)CC1. The van der Waals surface area contributed by atoms with Crippen LogP contribution >= 0.6 is 23.2 Å². The van der Waals surface area contributed by atoms with E-state index in [4.69, 9.17) is 28.9 Å². The molecule has 1 atom stereocenters. The van der Waals surface area contributed by atoms with Crippen LogP contribution in [-0.4, -0.2) is 79.0 Å². The Balaban J connectivity index is 1.37. The first-order valence-corrected chi connectivity index (χ1v) is 15.5. The number of hydrogen-bond acceptors (Lipinski definition) is 5. The van der Waals surface area contributed by atoms with Crippen molar-refractivity contribution in [2.24, 2.45) is 5.73 Å². The summed E-state index contributed by atoms with van der Waals surface area (Å²) >= 11 is 12.5. The van der Waals surface area contributed by atoms with Gasteiger partial charge in [-0.2, -0.15) is 0 Å². The lowest BCUT2D eigenvalue weighted by atomic mass is 9.79. The van der Waals surface area contributed by atoms with E-state index < -0.39 is 6.04 Å². The summed E-state index contributed by atoms with van der Waals surface area (Å²) in [5.41, 5.74) is 7.10. The molecule has 0 spiro atoms. The number of benzene rings is 2. The summed E-state index contributed by atoms with van der Waals surface area (Å²) in [6, 6.07) is 11.4. The predicted molar refractivity (Wildman–Crippen MR) is 163 cm³/mol. The fraction of sp³-hybridized carbons (Fsp3) is 0.548. The maximum atomic E-state index is 14.1. The van der Waals surface area contributed by atoms with Gasteiger partial charge in [0.15, 0.2) is 0 Å². The molecule has 2 aliphatic rings. The first-order chi connectivity index (χ1) is 19.8. The highest BCUT2D eigenvalue weighted by Gasteiger charge is 2.40. The molecule has 1 aliphatic heterocycles. The zero-order valence-corrected chi connectivity index (χ0v) is 25.2. The van der Waals surface area contributed by atoms with Crippen molar-refractivity contribution in [3.63, 3.8) is 0 Å². The number of nitrogens with two attached hydrogens (primary N) is 1. The zero-order valence-electron chi connectivity index (χ0n) is 23.6. The van der Waals surface area contributed by atoms with Gasteiger partial charge in [-0.25, -0.2) is 4.39 Å². The summed E-state index contributed by atoms with van der Waals surface area (Å²) < 4.78 is 14.1. The molecular formula is C31H42Cl2FN5O2. The molecule has 4 N–H and O–H groups in total. The number of nitrogens with zero attached hydrogens (tertiary/aromatic N) is 2. The van der Waals surface area contributed by atoms with E-state index in [9.17, 15) is 14.0 Å². The molecule has 2 aromatic rings. The standard InChI is InChI=1S/C31H42Cl2FN5O2/c32-25-9-8-24(26(33)21-25)20-28(37-29(40)10-14-35)30(41)38-16-18-39(19-17-38)31(12-4-1-5-13-31)22-36-15-11-23-6-2-3-7-27(23)34/h2-3,6-9,21,28,36H,1,4-5,10-20,22,35H2,(H,37,40). The van der Waals surface area contributed by atoms with Crippen LogP contribution in [0.5, 0.6) is 0 Å². The molecule has 2 aromatic carbocycles. The number of nitrogens with one attached hydrogen (secondary N) is 2. The van der Waals surface area contributed by atoms with Crippen molar-refractivity contribution in [3.8, 4) is 0 Å². The average Bonchev–Trinajstić information content (AvgIpc) is 2.97. The Hall–Kier alpha value is -2.23. The highest BCUT2D eigenvalue weighted by atomic mass is 35.5. The lowest BCUT2D eigenvalue weighted by Crippen LogP contribution is -2.63. The van der Waals surface area contributed by atoms with E-state index in [0.29, 0.717) is 29.6 Å². The topological polar surface area (TPSA) is 90.7 Å². The first-order valence-electron chi connectivity index (χ1n) is 14.7. The first kappa shape index (κ1) is 31.7. The van der Waals surface area contributed by atoms with Gasteiger partial charge in [0.05, 0.1) is 0 Å². The predicted octanol–water partition coefficient (Wildman–Crippen LogP) is 4.19. The Morgan fingerprint density at radius 3 is 2.41 bits per heavy atom. The number of piperazine rings is 1. The highest BCUT2D eigenvalue weighted by molar-refractivity contribution is 6.35. The summed E-state index contributed by atoms with van der Waals surface area (Å²) in [7, 11) is 0. The molecule has 7 nitrogen and oxygen atoms in total. The minimum Gasteiger partial charge on any atom is -0.344 e. The van der Waals surface area contributed by atoms with E-state index in [1.807, 2.05) is 17.0 Å². The third kappa shape index (κ3) is 8.64. The van der Waals surface area contributed by atoms with Crippen molar-refractivity contribution >= 4 is 35.0 Å². The zero-order chi connectivity index (χ0) is 29.2. The minimum atomic E-state index is -0.733. The average molecular weight is 607 g/mol. The van der Waals surface area contributed by atoms with Crippen LogP contribution in [0.1, 0.15) is 49.7 Å². The van der Waals surface area contributed by atoms with Crippen molar-refractivity contribution in [3.05, 3.63) is 69.5 Å². The van der Waals surface area contributed by atoms with Crippen LogP contribution in [-0.2, 0) is 22.4 Å². The fourth-order valence-corrected chi connectivity index (χ4v) is 6.67. The highest BCUT2D eigenvalue weighted by Crippen LogP contribution is 2.34. The van der Waals surface area contributed by atoms with Gasteiger partial charge in [-0.05, 0) is 55.1 Å². The number of rotatable bonds is 12. The monoisotopic (exact) mass is 605 g/mol. The molecule has 1 unspecified atom stereocenters. The second kappa shape index (κ2) is 15.3. The second-order valence-electron chi connectivity index (χ2n) is 11.2. The smallest absolute Gasteiger partial charge is 0.245 e. The van der Waals surface area contributed by atoms with Gasteiger partial charge in [-0.15, -0.1) is 0 Å². The third-order valence-corrected chi connectivity index (χ3v) is 9.06. The van der Waals surface area contributed by atoms with E-state index in [-0.39, 0.29) is 42.6 Å². The Bertz CT molecular complexity index is 1170. The maximum absolute atomic E-state index is 14.1. The van der Waals surface area contributed by atoms with Crippen molar-refractivity contribution < 1.29 is 14.0 Å². The van der Waals surface area contributed by atoms with E-state index in [1.54, 1.807) is 24.3 Å². The molecule has 4 rings (SSSR count). The van der Waals surface area contributed by atoms with Gasteiger partial charge in [0.2, 0.25) is 11.8 Å². The van der Waals surface area contributed by atoms with Crippen molar-refractivity contribution in [2.45, 2.75) is 62.9 Å². The van der Waals surface area contributed by atoms with Gasteiger partial charge in [-0.1, -0.05) is 66.7 Å². The Morgan fingerprint density at radius 2 is 1.73 bits per heavy atom. The molecule has 2 amide bonds. The van der Waals surface area contributed by atoms with Gasteiger partial charge in [0.25, 0.3) is 0 Å². The molecule has 10 heteroatoms. The van der Waals surface area contributed by atoms with Crippen LogP contribution < -0.4 is 16.4 Å². The van der Waals surface area contributed by atoms with Crippen LogP contribution in [0, 0.1) is 5.82 Å². The molecule has 1 aliphatic carbocycles. The van der Waals surface area contributed by atoms with Crippen LogP contribution in [0.4, 0.5) is 4.39 Å². The van der Waals surface area contributed by atoms with Crippen molar-refractivity contribution in [1.29, 1.82) is 0 Å². The summed E-state index contributed by atoms with van der Waals surface area (Å²) in [6.07, 6.45) is 6.92. The number of hydrogen-bond donors (Lipinski definition) is 3. The molecule has 224 valence electrons. The minimum absolute atomic E-state index is 0.0359. The maximum Gasteiger partial charge on any atom is 0.245 e. The Morgan fingerprint density at radius 1 is 1.00 bits per heavy atom. The van der Waals surface area contributed by atoms with Crippen molar-refractivity contribution in [1.82, 2.24) is 20.4 Å². The normalized spacial score (nSPS) is 18.2. The summed E-state index contributed by atoms with van der Waals surface area (Å²) in [5.74, 6) is -0.516. The number of amides is 2. The lowest BCUT2D eigenvalue weighted by Gasteiger charge is -2.50. The van der Waals surface area contributed by atoms with Gasteiger partial charge >= 0.3 is 0 Å². The molecular weight excluding hydrogens is 564 g/mol. The largest absolute Gasteiger partial charge is 0.344 e. The number of carbonyl (C=O) groups excluding carboxylic acids is 2. The van der Waals surface area contributed by atoms with Crippen molar-refractivity contribution in [2.75, 3.05) is 45.8 Å². The third-order valence-electron chi connectivity index (χ3n) is 8.47. The Kier molecular flexibility index (Phi) is 11.8. The van der Waals surface area contributed by atoms with Gasteiger partial charge in [0, 0.05) is 67.7 Å². The summed E-state index contributed by atoms with van der Waals surface area (Å²) in [4.78, 5) is 30.6. The molecule has 1 heterocycles. The molecule has 0 radical (unpaired) electrons. The quantitative estimate of drug-likeness (QED) is 0.316. The van der Waals surface area contributed by atoms with Gasteiger partial charge < -0.3 is 21.3 Å². The molecule has 1 saturated carbocycles. The number of carbonyl (C=O) groups is 2. The molecule has 2 fully saturated rings. The van der Waals surface area contributed by atoms with E-state index in [1.165, 1.54) is 25.3 Å². The summed E-state index contributed by atoms with van der Waals surface area (Å²) in [5, 5.41) is 7.49. The van der Waals surface area contributed by atoms with E-state index in [2.05, 4.69) is 15.5 Å². The molecule has 0 aromatic heterocycles. The van der Waals surface area contributed by atoms with Gasteiger partial charge in [0.1, 0.15) is 11.9 Å².